The maximum absolute atomic E-state index is 14.6. The summed E-state index contributed by atoms with van der Waals surface area (Å²) in [6.45, 7) is 2.52. The van der Waals surface area contributed by atoms with E-state index in [1.807, 2.05) is 4.68 Å². The first kappa shape index (κ1) is 18.4. The normalized spacial score (nSPS) is 15.8. The van der Waals surface area contributed by atoms with E-state index in [9.17, 15) is 8.78 Å². The second-order valence-electron chi connectivity index (χ2n) is 7.27. The first-order chi connectivity index (χ1) is 14.6. The highest BCUT2D eigenvalue weighted by Crippen LogP contribution is 2.33. The van der Waals surface area contributed by atoms with Gasteiger partial charge in [0.15, 0.2) is 5.82 Å². The molecule has 0 radical (unpaired) electrons. The van der Waals surface area contributed by atoms with Crippen LogP contribution in [0.15, 0.2) is 48.8 Å². The van der Waals surface area contributed by atoms with Gasteiger partial charge in [0.2, 0.25) is 5.95 Å². The Morgan fingerprint density at radius 1 is 1.10 bits per heavy atom. The van der Waals surface area contributed by atoms with Crippen molar-refractivity contribution in [1.82, 2.24) is 29.5 Å². The molecule has 1 atom stereocenters. The third-order valence-corrected chi connectivity index (χ3v) is 5.30. The van der Waals surface area contributed by atoms with Gasteiger partial charge in [-0.2, -0.15) is 10.1 Å². The molecule has 5 rings (SSSR count). The predicted octanol–water partition coefficient (Wildman–Crippen LogP) is 4.11. The van der Waals surface area contributed by atoms with Crippen molar-refractivity contribution in [3.05, 3.63) is 77.6 Å². The molecule has 7 nitrogen and oxygen atoms in total. The lowest BCUT2D eigenvalue weighted by atomic mass is 9.91. The van der Waals surface area contributed by atoms with Gasteiger partial charge < -0.3 is 5.32 Å². The topological polar surface area (TPSA) is 73.5 Å². The summed E-state index contributed by atoms with van der Waals surface area (Å²) in [6, 6.07) is 11.3. The van der Waals surface area contributed by atoms with Gasteiger partial charge in [-0.05, 0) is 55.7 Å². The monoisotopic (exact) mass is 407 g/mol. The molecule has 0 unspecified atom stereocenters. The number of nitrogens with zero attached hydrogens (tertiary/aromatic N) is 6. The number of fused-ring (bicyclic) bond motifs is 1. The molecule has 1 aliphatic rings. The summed E-state index contributed by atoms with van der Waals surface area (Å²) in [5.74, 6) is 1.20. The molecule has 0 saturated carbocycles. The van der Waals surface area contributed by atoms with Crippen molar-refractivity contribution in [1.29, 1.82) is 0 Å². The Labute approximate surface area is 171 Å². The number of rotatable bonds is 4. The number of nitrogens with one attached hydrogen (secondary N) is 1. The summed E-state index contributed by atoms with van der Waals surface area (Å²) in [7, 11) is 0. The van der Waals surface area contributed by atoms with Crippen LogP contribution in [-0.2, 0) is 6.54 Å². The van der Waals surface area contributed by atoms with Crippen molar-refractivity contribution in [2.75, 3.05) is 5.32 Å². The molecular formula is C21H19F2N7. The zero-order valence-corrected chi connectivity index (χ0v) is 16.3. The number of benzene rings is 2. The van der Waals surface area contributed by atoms with Gasteiger partial charge in [-0.15, -0.1) is 5.10 Å². The molecule has 152 valence electrons. The number of aryl methyl sites for hydroxylation is 2. The lowest BCUT2D eigenvalue weighted by molar-refractivity contribution is 0.446. The molecule has 3 heterocycles. The molecule has 0 bridgehead atoms. The maximum Gasteiger partial charge on any atom is 0.246 e. The minimum Gasteiger partial charge on any atom is -0.323 e. The molecule has 1 N–H and O–H groups in total. The van der Waals surface area contributed by atoms with Gasteiger partial charge in [0.05, 0.1) is 0 Å². The Bertz CT molecular complexity index is 1200. The van der Waals surface area contributed by atoms with Crippen LogP contribution in [0.5, 0.6) is 0 Å². The fourth-order valence-corrected chi connectivity index (χ4v) is 3.84. The van der Waals surface area contributed by atoms with Gasteiger partial charge in [0, 0.05) is 18.2 Å². The average Bonchev–Trinajstić information content (AvgIpc) is 3.34. The van der Waals surface area contributed by atoms with E-state index in [0.29, 0.717) is 23.1 Å². The molecule has 0 saturated heterocycles. The third-order valence-electron chi connectivity index (χ3n) is 5.30. The van der Waals surface area contributed by atoms with Crippen LogP contribution in [0.2, 0.25) is 0 Å². The van der Waals surface area contributed by atoms with Crippen molar-refractivity contribution in [3.63, 3.8) is 0 Å². The lowest BCUT2D eigenvalue weighted by Crippen LogP contribution is -2.17. The predicted molar refractivity (Wildman–Crippen MR) is 107 cm³/mol. The second-order valence-corrected chi connectivity index (χ2v) is 7.27. The zero-order chi connectivity index (χ0) is 20.7. The minimum absolute atomic E-state index is 0.0526. The molecule has 2 aromatic carbocycles. The van der Waals surface area contributed by atoms with Gasteiger partial charge in [-0.3, -0.25) is 0 Å². The smallest absolute Gasteiger partial charge is 0.246 e. The van der Waals surface area contributed by atoms with E-state index in [4.69, 9.17) is 0 Å². The van der Waals surface area contributed by atoms with Crippen LogP contribution < -0.4 is 5.32 Å². The van der Waals surface area contributed by atoms with Crippen LogP contribution in [-0.4, -0.2) is 29.5 Å². The first-order valence-corrected chi connectivity index (χ1v) is 9.72. The largest absolute Gasteiger partial charge is 0.323 e. The summed E-state index contributed by atoms with van der Waals surface area (Å²) >= 11 is 0. The third kappa shape index (κ3) is 3.32. The standard InChI is InChI=1S/C21H19F2N7/c1-13-24-12-25-30(13)19-9-8-16(11-18(19)23)26-21-27-20-17(3-2-10-29(20)28-21)14-4-6-15(22)7-5-14/h4-9,11-12,17H,2-3,10H2,1H3,(H,26,28)/t17-/m0/s1. The van der Waals surface area contributed by atoms with Crippen LogP contribution in [0, 0.1) is 18.6 Å². The summed E-state index contributed by atoms with van der Waals surface area (Å²) in [5, 5.41) is 11.6. The zero-order valence-electron chi connectivity index (χ0n) is 16.3. The Morgan fingerprint density at radius 3 is 2.67 bits per heavy atom. The van der Waals surface area contributed by atoms with Gasteiger partial charge in [-0.1, -0.05) is 12.1 Å². The molecule has 4 aromatic rings. The van der Waals surface area contributed by atoms with Crippen molar-refractivity contribution >= 4 is 11.6 Å². The Kier molecular flexibility index (Phi) is 4.50. The van der Waals surface area contributed by atoms with E-state index in [1.54, 1.807) is 31.2 Å². The lowest BCUT2D eigenvalue weighted by Gasteiger charge is -2.22. The van der Waals surface area contributed by atoms with Crippen molar-refractivity contribution in [2.24, 2.45) is 0 Å². The van der Waals surface area contributed by atoms with Crippen molar-refractivity contribution in [3.8, 4) is 5.69 Å². The van der Waals surface area contributed by atoms with Crippen LogP contribution >= 0.6 is 0 Å². The summed E-state index contributed by atoms with van der Waals surface area (Å²) in [4.78, 5) is 8.66. The Morgan fingerprint density at radius 2 is 1.93 bits per heavy atom. The minimum atomic E-state index is -0.429. The highest BCUT2D eigenvalue weighted by Gasteiger charge is 2.26. The molecule has 1 aliphatic heterocycles. The number of hydrogen-bond donors (Lipinski definition) is 1. The van der Waals surface area contributed by atoms with Crippen molar-refractivity contribution in [2.45, 2.75) is 32.2 Å². The van der Waals surface area contributed by atoms with Gasteiger partial charge in [0.25, 0.3) is 0 Å². The van der Waals surface area contributed by atoms with Crippen LogP contribution in [0.4, 0.5) is 20.4 Å². The fourth-order valence-electron chi connectivity index (χ4n) is 3.84. The van der Waals surface area contributed by atoms with Crippen LogP contribution in [0.3, 0.4) is 0 Å². The number of anilines is 2. The van der Waals surface area contributed by atoms with E-state index >= 15 is 0 Å². The Balaban J connectivity index is 1.41. The fraction of sp³-hybridized carbons (Fsp3) is 0.238. The summed E-state index contributed by atoms with van der Waals surface area (Å²) < 4.78 is 31.2. The van der Waals surface area contributed by atoms with E-state index in [1.165, 1.54) is 29.2 Å². The quantitative estimate of drug-likeness (QED) is 0.551. The van der Waals surface area contributed by atoms with Crippen LogP contribution in [0.1, 0.15) is 36.0 Å². The SMILES string of the molecule is Cc1ncnn1-c1ccc(Nc2nc3n(n2)CCC[C@H]3c2ccc(F)cc2)cc1F. The molecule has 0 amide bonds. The molecule has 0 spiro atoms. The highest BCUT2D eigenvalue weighted by molar-refractivity contribution is 5.56. The number of hydrogen-bond acceptors (Lipinski definition) is 5. The van der Waals surface area contributed by atoms with E-state index in [0.717, 1.165) is 30.8 Å². The molecule has 2 aromatic heterocycles. The summed E-state index contributed by atoms with van der Waals surface area (Å²) in [5.41, 5.74) is 1.87. The maximum atomic E-state index is 14.6. The van der Waals surface area contributed by atoms with Crippen molar-refractivity contribution < 1.29 is 8.78 Å². The molecular weight excluding hydrogens is 388 g/mol. The molecule has 0 fully saturated rings. The van der Waals surface area contributed by atoms with E-state index in [-0.39, 0.29) is 11.7 Å². The Hall–Kier alpha value is -3.62. The summed E-state index contributed by atoms with van der Waals surface area (Å²) in [6.07, 6.45) is 3.26. The van der Waals surface area contributed by atoms with Gasteiger partial charge in [-0.25, -0.2) is 23.1 Å². The van der Waals surface area contributed by atoms with E-state index < -0.39 is 5.82 Å². The molecule has 0 aliphatic carbocycles. The molecule has 9 heteroatoms. The average molecular weight is 407 g/mol. The number of halogens is 2. The number of aromatic nitrogens is 6. The van der Waals surface area contributed by atoms with E-state index in [2.05, 4.69) is 25.5 Å². The van der Waals surface area contributed by atoms with Gasteiger partial charge >= 0.3 is 0 Å². The highest BCUT2D eigenvalue weighted by atomic mass is 19.1. The first-order valence-electron chi connectivity index (χ1n) is 9.72. The van der Waals surface area contributed by atoms with Crippen LogP contribution in [0.25, 0.3) is 5.69 Å². The second kappa shape index (κ2) is 7.33. The van der Waals surface area contributed by atoms with Gasteiger partial charge in [0.1, 0.15) is 29.5 Å². The molecule has 30 heavy (non-hydrogen) atoms.